The van der Waals surface area contributed by atoms with Gasteiger partial charge in [0.05, 0.1) is 29.7 Å². The third-order valence-corrected chi connectivity index (χ3v) is 5.03. The molecule has 1 unspecified atom stereocenters. The van der Waals surface area contributed by atoms with Gasteiger partial charge in [-0.05, 0) is 31.0 Å². The fourth-order valence-corrected chi connectivity index (χ4v) is 3.35. The zero-order valence-corrected chi connectivity index (χ0v) is 14.9. The number of amides is 1. The van der Waals surface area contributed by atoms with Crippen LogP contribution in [0.15, 0.2) is 36.5 Å². The standard InChI is InChI=1S/C17H18F2N2O5S/c18-12-4-6-14(15(19)8-12)16(23)2-1-7-27(25,26)21-17(24)11-3-5-13(10-22)20-9-11/h3-6,8-9,16,22-23H,1-2,7,10H2,(H,21,24). The van der Waals surface area contributed by atoms with Crippen molar-refractivity contribution in [3.8, 4) is 0 Å². The van der Waals surface area contributed by atoms with Crippen molar-refractivity contribution in [1.29, 1.82) is 0 Å². The van der Waals surface area contributed by atoms with Crippen molar-refractivity contribution >= 4 is 15.9 Å². The van der Waals surface area contributed by atoms with Gasteiger partial charge in [0.1, 0.15) is 11.6 Å². The minimum absolute atomic E-state index is 0.00388. The Morgan fingerprint density at radius 3 is 2.56 bits per heavy atom. The summed E-state index contributed by atoms with van der Waals surface area (Å²) in [6.07, 6.45) is -0.309. The van der Waals surface area contributed by atoms with Crippen LogP contribution in [0.1, 0.15) is 40.6 Å². The molecule has 1 aromatic carbocycles. The Balaban J connectivity index is 1.89. The van der Waals surface area contributed by atoms with Crippen molar-refractivity contribution in [2.75, 3.05) is 5.75 Å². The van der Waals surface area contributed by atoms with Crippen LogP contribution >= 0.6 is 0 Å². The molecule has 7 nitrogen and oxygen atoms in total. The number of aliphatic hydroxyl groups is 2. The van der Waals surface area contributed by atoms with E-state index in [9.17, 15) is 27.1 Å². The smallest absolute Gasteiger partial charge is 0.266 e. The number of aromatic nitrogens is 1. The molecule has 1 heterocycles. The summed E-state index contributed by atoms with van der Waals surface area (Å²) in [6, 6.07) is 5.43. The zero-order chi connectivity index (χ0) is 20.0. The van der Waals surface area contributed by atoms with Gasteiger partial charge in [-0.25, -0.2) is 21.9 Å². The van der Waals surface area contributed by atoms with E-state index in [1.165, 1.54) is 12.1 Å². The van der Waals surface area contributed by atoms with Crippen LogP contribution in [-0.2, 0) is 16.6 Å². The Labute approximate surface area is 154 Å². The van der Waals surface area contributed by atoms with E-state index in [4.69, 9.17) is 5.11 Å². The maximum absolute atomic E-state index is 13.6. The lowest BCUT2D eigenvalue weighted by molar-refractivity contribution is 0.0981. The molecule has 0 aliphatic carbocycles. The molecule has 10 heteroatoms. The Morgan fingerprint density at radius 1 is 1.22 bits per heavy atom. The van der Waals surface area contributed by atoms with Crippen molar-refractivity contribution in [2.24, 2.45) is 0 Å². The molecule has 0 bridgehead atoms. The van der Waals surface area contributed by atoms with E-state index in [0.29, 0.717) is 11.8 Å². The number of nitrogens with one attached hydrogen (secondary N) is 1. The van der Waals surface area contributed by atoms with Gasteiger partial charge < -0.3 is 10.2 Å². The Morgan fingerprint density at radius 2 is 1.96 bits per heavy atom. The lowest BCUT2D eigenvalue weighted by Crippen LogP contribution is -2.32. The second kappa shape index (κ2) is 8.98. The summed E-state index contributed by atoms with van der Waals surface area (Å²) in [7, 11) is -3.98. The number of carbonyl (C=O) groups excluding carboxylic acids is 1. The van der Waals surface area contributed by atoms with Gasteiger partial charge in [0.2, 0.25) is 10.0 Å². The number of pyridine rings is 1. The monoisotopic (exact) mass is 400 g/mol. The van der Waals surface area contributed by atoms with Gasteiger partial charge in [0.15, 0.2) is 0 Å². The van der Waals surface area contributed by atoms with Crippen LogP contribution in [0.4, 0.5) is 8.78 Å². The third-order valence-electron chi connectivity index (χ3n) is 3.71. The first-order valence-electron chi connectivity index (χ1n) is 7.95. The molecule has 0 fully saturated rings. The van der Waals surface area contributed by atoms with E-state index in [1.807, 2.05) is 4.72 Å². The average molecular weight is 400 g/mol. The van der Waals surface area contributed by atoms with Gasteiger partial charge in [-0.1, -0.05) is 6.07 Å². The maximum atomic E-state index is 13.6. The van der Waals surface area contributed by atoms with E-state index < -0.39 is 39.4 Å². The number of rotatable bonds is 8. The van der Waals surface area contributed by atoms with Crippen LogP contribution in [0.5, 0.6) is 0 Å². The molecular weight excluding hydrogens is 382 g/mol. The minimum Gasteiger partial charge on any atom is -0.390 e. The summed E-state index contributed by atoms with van der Waals surface area (Å²) >= 11 is 0. The molecule has 1 aromatic heterocycles. The highest BCUT2D eigenvalue weighted by Crippen LogP contribution is 2.22. The summed E-state index contributed by atoms with van der Waals surface area (Å²) in [5.41, 5.74) is 0.202. The SMILES string of the molecule is O=C(NS(=O)(=O)CCCC(O)c1ccc(F)cc1F)c1ccc(CO)nc1. The van der Waals surface area contributed by atoms with Crippen LogP contribution in [0.3, 0.4) is 0 Å². The quantitative estimate of drug-likeness (QED) is 0.617. The average Bonchev–Trinajstić information content (AvgIpc) is 2.61. The number of benzene rings is 1. The Bertz CT molecular complexity index is 904. The Kier molecular flexibility index (Phi) is 6.94. The molecule has 27 heavy (non-hydrogen) atoms. The molecule has 0 spiro atoms. The molecule has 0 radical (unpaired) electrons. The van der Waals surface area contributed by atoms with Gasteiger partial charge >= 0.3 is 0 Å². The van der Waals surface area contributed by atoms with Crippen molar-refractivity contribution in [3.05, 3.63) is 65.0 Å². The molecule has 0 saturated heterocycles. The molecule has 0 aliphatic heterocycles. The van der Waals surface area contributed by atoms with Gasteiger partial charge in [-0.3, -0.25) is 9.78 Å². The lowest BCUT2D eigenvalue weighted by Gasteiger charge is -2.12. The van der Waals surface area contributed by atoms with E-state index >= 15 is 0 Å². The number of hydrogen-bond acceptors (Lipinski definition) is 6. The molecule has 1 amide bonds. The zero-order valence-electron chi connectivity index (χ0n) is 14.1. The summed E-state index contributed by atoms with van der Waals surface area (Å²) in [6.45, 7) is -0.308. The topological polar surface area (TPSA) is 117 Å². The van der Waals surface area contributed by atoms with Gasteiger partial charge in [0.25, 0.3) is 5.91 Å². The maximum Gasteiger partial charge on any atom is 0.266 e. The predicted molar refractivity (Wildman–Crippen MR) is 92.0 cm³/mol. The van der Waals surface area contributed by atoms with Gasteiger partial charge in [-0.2, -0.15) is 0 Å². The molecule has 2 rings (SSSR count). The predicted octanol–water partition coefficient (Wildman–Crippen LogP) is 1.43. The highest BCUT2D eigenvalue weighted by Gasteiger charge is 2.19. The van der Waals surface area contributed by atoms with E-state index in [1.54, 1.807) is 0 Å². The first kappa shape index (κ1) is 20.9. The second-order valence-electron chi connectivity index (χ2n) is 5.77. The van der Waals surface area contributed by atoms with Crippen LogP contribution in [-0.4, -0.2) is 35.3 Å². The number of sulfonamides is 1. The van der Waals surface area contributed by atoms with Crippen molar-refractivity contribution in [3.63, 3.8) is 0 Å². The number of nitrogens with zero attached hydrogens (tertiary/aromatic N) is 1. The van der Waals surface area contributed by atoms with Crippen molar-refractivity contribution < 1.29 is 32.2 Å². The second-order valence-corrected chi connectivity index (χ2v) is 7.61. The molecule has 0 aliphatic rings. The summed E-state index contributed by atoms with van der Waals surface area (Å²) in [5.74, 6) is -3.05. The van der Waals surface area contributed by atoms with Crippen LogP contribution in [0, 0.1) is 11.6 Å². The summed E-state index contributed by atoms with van der Waals surface area (Å²) in [5, 5.41) is 18.8. The lowest BCUT2D eigenvalue weighted by atomic mass is 10.0. The first-order valence-corrected chi connectivity index (χ1v) is 9.60. The van der Waals surface area contributed by atoms with Crippen LogP contribution < -0.4 is 4.72 Å². The fraction of sp³-hybridized carbons (Fsp3) is 0.294. The van der Waals surface area contributed by atoms with E-state index in [0.717, 1.165) is 18.3 Å². The first-order chi connectivity index (χ1) is 12.7. The largest absolute Gasteiger partial charge is 0.390 e. The third kappa shape index (κ3) is 6.05. The molecule has 3 N–H and O–H groups in total. The van der Waals surface area contributed by atoms with E-state index in [-0.39, 0.29) is 30.6 Å². The van der Waals surface area contributed by atoms with Gasteiger partial charge in [-0.15, -0.1) is 0 Å². The molecule has 146 valence electrons. The molecule has 0 saturated carbocycles. The highest BCUT2D eigenvalue weighted by molar-refractivity contribution is 7.90. The number of carbonyl (C=O) groups is 1. The van der Waals surface area contributed by atoms with Crippen LogP contribution in [0.2, 0.25) is 0 Å². The summed E-state index contributed by atoms with van der Waals surface area (Å²) < 4.78 is 52.3. The highest BCUT2D eigenvalue weighted by atomic mass is 32.2. The normalized spacial score (nSPS) is 12.6. The van der Waals surface area contributed by atoms with E-state index in [2.05, 4.69) is 4.98 Å². The minimum atomic E-state index is -3.98. The number of hydrogen-bond donors (Lipinski definition) is 3. The molecular formula is C17H18F2N2O5S. The van der Waals surface area contributed by atoms with Gasteiger partial charge in [0, 0.05) is 17.8 Å². The number of halogens is 2. The van der Waals surface area contributed by atoms with Crippen LogP contribution in [0.25, 0.3) is 0 Å². The molecule has 1 atom stereocenters. The summed E-state index contributed by atoms with van der Waals surface area (Å²) in [4.78, 5) is 15.7. The Hall–Kier alpha value is -2.43. The fourth-order valence-electron chi connectivity index (χ4n) is 2.30. The van der Waals surface area contributed by atoms with Crippen molar-refractivity contribution in [2.45, 2.75) is 25.6 Å². The number of aliphatic hydroxyl groups excluding tert-OH is 2. The van der Waals surface area contributed by atoms with Crippen molar-refractivity contribution in [1.82, 2.24) is 9.71 Å². The molecule has 2 aromatic rings.